The highest BCUT2D eigenvalue weighted by Gasteiger charge is 2.12. The van der Waals surface area contributed by atoms with Crippen molar-refractivity contribution in [3.63, 3.8) is 0 Å². The topological polar surface area (TPSA) is 134 Å². The van der Waals surface area contributed by atoms with Crippen molar-refractivity contribution in [1.29, 1.82) is 0 Å². The fourth-order valence-electron chi connectivity index (χ4n) is 1.86. The Bertz CT molecular complexity index is 867. The molecule has 2 amide bonds. The number of rotatable bonds is 6. The molecule has 0 spiro atoms. The maximum Gasteiger partial charge on any atom is 0.310 e. The number of phenolic OH excluding ortho intramolecular Hbond substituents is 1. The summed E-state index contributed by atoms with van der Waals surface area (Å²) in [4.78, 5) is 33.3. The van der Waals surface area contributed by atoms with E-state index in [1.807, 2.05) is 0 Å². The number of nitro groups is 1. The summed E-state index contributed by atoms with van der Waals surface area (Å²) in [5.74, 6) is -1.53. The standard InChI is InChI=1S/C16H13ClN4O5/c17-12-4-2-11(3-5-12)16(24)18-9-15(23)20-19-8-10-1-6-13(21(25)26)14(22)7-10/h1-8,22H,9H2,(H,18,24)(H,20,23). The first-order valence-electron chi connectivity index (χ1n) is 7.20. The molecule has 0 aromatic heterocycles. The lowest BCUT2D eigenvalue weighted by molar-refractivity contribution is -0.385. The van der Waals surface area contributed by atoms with Gasteiger partial charge in [0.1, 0.15) is 0 Å². The van der Waals surface area contributed by atoms with E-state index in [-0.39, 0.29) is 6.54 Å². The molecule has 2 rings (SSSR count). The minimum absolute atomic E-state index is 0.301. The van der Waals surface area contributed by atoms with Crippen molar-refractivity contribution in [1.82, 2.24) is 10.7 Å². The fourth-order valence-corrected chi connectivity index (χ4v) is 1.98. The van der Waals surface area contributed by atoms with Crippen molar-refractivity contribution in [2.75, 3.05) is 6.54 Å². The predicted molar refractivity (Wildman–Crippen MR) is 94.3 cm³/mol. The number of aromatic hydroxyl groups is 1. The van der Waals surface area contributed by atoms with Crippen LogP contribution in [0.4, 0.5) is 5.69 Å². The highest BCUT2D eigenvalue weighted by molar-refractivity contribution is 6.30. The van der Waals surface area contributed by atoms with Crippen LogP contribution in [-0.4, -0.2) is 34.6 Å². The summed E-state index contributed by atoms with van der Waals surface area (Å²) in [6.45, 7) is -0.301. The summed E-state index contributed by atoms with van der Waals surface area (Å²) in [5, 5.41) is 26.6. The van der Waals surface area contributed by atoms with E-state index in [0.29, 0.717) is 16.1 Å². The van der Waals surface area contributed by atoms with Gasteiger partial charge in [-0.2, -0.15) is 5.10 Å². The van der Waals surface area contributed by atoms with E-state index in [1.165, 1.54) is 24.4 Å². The Morgan fingerprint density at radius 2 is 1.92 bits per heavy atom. The van der Waals surface area contributed by atoms with Crippen LogP contribution >= 0.6 is 11.6 Å². The molecule has 2 aromatic rings. The molecule has 0 heterocycles. The Balaban J connectivity index is 1.83. The second-order valence-electron chi connectivity index (χ2n) is 4.99. The minimum atomic E-state index is -0.721. The molecule has 0 fully saturated rings. The zero-order chi connectivity index (χ0) is 19.1. The number of hydrogen-bond acceptors (Lipinski definition) is 6. The van der Waals surface area contributed by atoms with E-state index in [0.717, 1.165) is 12.1 Å². The Hall–Kier alpha value is -3.46. The van der Waals surface area contributed by atoms with Gasteiger partial charge in [-0.15, -0.1) is 0 Å². The van der Waals surface area contributed by atoms with Gasteiger partial charge in [-0.1, -0.05) is 11.6 Å². The number of carbonyl (C=O) groups excluding carboxylic acids is 2. The number of hydrogen-bond donors (Lipinski definition) is 3. The highest BCUT2D eigenvalue weighted by atomic mass is 35.5. The summed E-state index contributed by atoms with van der Waals surface area (Å²) in [6.07, 6.45) is 1.20. The highest BCUT2D eigenvalue weighted by Crippen LogP contribution is 2.25. The Morgan fingerprint density at radius 1 is 1.23 bits per heavy atom. The summed E-state index contributed by atoms with van der Waals surface area (Å²) in [7, 11) is 0. The SMILES string of the molecule is O=C(CNC(=O)c1ccc(Cl)cc1)NN=Cc1ccc([N+](=O)[O-])c(O)c1. The molecule has 134 valence electrons. The first-order valence-corrected chi connectivity index (χ1v) is 7.57. The van der Waals surface area contributed by atoms with Gasteiger partial charge < -0.3 is 10.4 Å². The lowest BCUT2D eigenvalue weighted by Crippen LogP contribution is -2.34. The smallest absolute Gasteiger partial charge is 0.310 e. The van der Waals surface area contributed by atoms with Crippen LogP contribution in [0.2, 0.25) is 5.02 Å². The van der Waals surface area contributed by atoms with Gasteiger partial charge in [-0.05, 0) is 42.0 Å². The second-order valence-corrected chi connectivity index (χ2v) is 5.42. The molecule has 0 aliphatic rings. The van der Waals surface area contributed by atoms with Crippen molar-refractivity contribution in [2.45, 2.75) is 0 Å². The third kappa shape index (κ3) is 5.28. The van der Waals surface area contributed by atoms with Crippen molar-refractivity contribution in [3.8, 4) is 5.75 Å². The number of nitrogens with zero attached hydrogens (tertiary/aromatic N) is 2. The number of nitro benzene ring substituents is 1. The quantitative estimate of drug-likeness (QED) is 0.401. The molecule has 26 heavy (non-hydrogen) atoms. The van der Waals surface area contributed by atoms with Crippen molar-refractivity contribution >= 4 is 35.3 Å². The van der Waals surface area contributed by atoms with Gasteiger partial charge in [0.05, 0.1) is 17.7 Å². The van der Waals surface area contributed by atoms with Crippen LogP contribution < -0.4 is 10.7 Å². The molecule has 0 atom stereocenters. The molecule has 0 bridgehead atoms. The molecule has 3 N–H and O–H groups in total. The first-order chi connectivity index (χ1) is 12.4. The third-order valence-electron chi connectivity index (χ3n) is 3.11. The van der Waals surface area contributed by atoms with Crippen LogP contribution in [-0.2, 0) is 4.79 Å². The van der Waals surface area contributed by atoms with Crippen LogP contribution in [0.25, 0.3) is 0 Å². The zero-order valence-electron chi connectivity index (χ0n) is 13.2. The van der Waals surface area contributed by atoms with E-state index in [1.54, 1.807) is 12.1 Å². The largest absolute Gasteiger partial charge is 0.502 e. The minimum Gasteiger partial charge on any atom is -0.502 e. The van der Waals surface area contributed by atoms with Crippen LogP contribution in [0.15, 0.2) is 47.6 Å². The van der Waals surface area contributed by atoms with Gasteiger partial charge in [0, 0.05) is 16.7 Å². The first kappa shape index (κ1) is 18.9. The normalized spacial score (nSPS) is 10.5. The fraction of sp³-hybridized carbons (Fsp3) is 0.0625. The number of nitrogens with one attached hydrogen (secondary N) is 2. The van der Waals surface area contributed by atoms with Crippen LogP contribution in [0.5, 0.6) is 5.75 Å². The maximum atomic E-state index is 11.8. The number of amides is 2. The number of halogens is 1. The molecule has 0 aliphatic heterocycles. The monoisotopic (exact) mass is 376 g/mol. The average molecular weight is 377 g/mol. The van der Waals surface area contributed by atoms with Gasteiger partial charge in [-0.3, -0.25) is 19.7 Å². The predicted octanol–water partition coefficient (Wildman–Crippen LogP) is 1.83. The molecule has 0 radical (unpaired) electrons. The van der Waals surface area contributed by atoms with E-state index < -0.39 is 28.2 Å². The zero-order valence-corrected chi connectivity index (χ0v) is 13.9. The molecule has 10 heteroatoms. The third-order valence-corrected chi connectivity index (χ3v) is 3.37. The van der Waals surface area contributed by atoms with Crippen LogP contribution in [0.3, 0.4) is 0 Å². The van der Waals surface area contributed by atoms with Gasteiger partial charge in [-0.25, -0.2) is 5.43 Å². The molecule has 9 nitrogen and oxygen atoms in total. The van der Waals surface area contributed by atoms with Gasteiger partial charge in [0.2, 0.25) is 0 Å². The van der Waals surface area contributed by atoms with Gasteiger partial charge in [0.25, 0.3) is 11.8 Å². The molecule has 0 saturated heterocycles. The average Bonchev–Trinajstić information content (AvgIpc) is 2.60. The second kappa shape index (κ2) is 8.58. The number of hydrazone groups is 1. The molecule has 0 aliphatic carbocycles. The number of benzene rings is 2. The van der Waals surface area contributed by atoms with Gasteiger partial charge in [0.15, 0.2) is 5.75 Å². The van der Waals surface area contributed by atoms with Gasteiger partial charge >= 0.3 is 5.69 Å². The van der Waals surface area contributed by atoms with E-state index >= 15 is 0 Å². The summed E-state index contributed by atoms with van der Waals surface area (Å²) in [6, 6.07) is 9.77. The van der Waals surface area contributed by atoms with E-state index in [9.17, 15) is 24.8 Å². The van der Waals surface area contributed by atoms with E-state index in [2.05, 4.69) is 15.8 Å². The summed E-state index contributed by atoms with van der Waals surface area (Å²) < 4.78 is 0. The summed E-state index contributed by atoms with van der Waals surface area (Å²) >= 11 is 5.72. The molecule has 0 saturated carbocycles. The number of carbonyl (C=O) groups is 2. The van der Waals surface area contributed by atoms with Crippen molar-refractivity contribution in [3.05, 3.63) is 68.7 Å². The molecule has 2 aromatic carbocycles. The lowest BCUT2D eigenvalue weighted by atomic mass is 10.2. The molecular weight excluding hydrogens is 364 g/mol. The maximum absolute atomic E-state index is 11.8. The lowest BCUT2D eigenvalue weighted by Gasteiger charge is -2.04. The Kier molecular flexibility index (Phi) is 6.23. The van der Waals surface area contributed by atoms with Crippen molar-refractivity contribution in [2.24, 2.45) is 5.10 Å². The Morgan fingerprint density at radius 3 is 2.54 bits per heavy atom. The number of phenols is 1. The Labute approximate surface area is 152 Å². The van der Waals surface area contributed by atoms with E-state index in [4.69, 9.17) is 11.6 Å². The summed E-state index contributed by atoms with van der Waals surface area (Å²) in [5.41, 5.74) is 2.45. The van der Waals surface area contributed by atoms with Crippen molar-refractivity contribution < 1.29 is 19.6 Å². The van der Waals surface area contributed by atoms with Crippen LogP contribution in [0, 0.1) is 10.1 Å². The molecular formula is C16H13ClN4O5. The van der Waals surface area contributed by atoms with Crippen LogP contribution in [0.1, 0.15) is 15.9 Å². The molecule has 0 unspecified atom stereocenters.